The van der Waals surface area contributed by atoms with E-state index < -0.39 is 12.1 Å². The average molecular weight is 1110 g/mol. The van der Waals surface area contributed by atoms with Gasteiger partial charge in [0.1, 0.15) is 0 Å². The molecule has 0 aliphatic heterocycles. The van der Waals surface area contributed by atoms with Crippen LogP contribution in [-0.4, -0.2) is 47.4 Å². The van der Waals surface area contributed by atoms with Gasteiger partial charge in [0.15, 0.2) is 0 Å². The molecule has 0 radical (unpaired) electrons. The van der Waals surface area contributed by atoms with E-state index in [-0.39, 0.29) is 18.5 Å². The molecule has 0 saturated heterocycles. The van der Waals surface area contributed by atoms with Gasteiger partial charge in [0, 0.05) is 12.8 Å². The zero-order valence-corrected chi connectivity index (χ0v) is 53.1. The van der Waals surface area contributed by atoms with Crippen molar-refractivity contribution in [3.8, 4) is 0 Å². The number of esters is 1. The number of aliphatic hydroxyl groups is 2. The third-order valence-corrected chi connectivity index (χ3v) is 16.3. The number of carbonyl (C=O) groups is 2. The largest absolute Gasteiger partial charge is 0.466 e. The number of rotatable bonds is 66. The second-order valence-corrected chi connectivity index (χ2v) is 24.2. The van der Waals surface area contributed by atoms with Gasteiger partial charge in [0.05, 0.1) is 25.4 Å². The Labute approximate surface area is 493 Å². The Bertz CT molecular complexity index is 1320. The lowest BCUT2D eigenvalue weighted by molar-refractivity contribution is -0.143. The Morgan fingerprint density at radius 1 is 0.354 bits per heavy atom. The maximum Gasteiger partial charge on any atom is 0.305 e. The third kappa shape index (κ3) is 64.8. The molecule has 1 amide bonds. The van der Waals surface area contributed by atoms with Gasteiger partial charge in [-0.05, 0) is 89.9 Å². The number of aliphatic hydroxyl groups excluding tert-OH is 2. The normalized spacial score (nSPS) is 12.8. The molecule has 0 aromatic rings. The van der Waals surface area contributed by atoms with Crippen LogP contribution in [0.2, 0.25) is 0 Å². The molecule has 0 rings (SSSR count). The molecule has 2 atom stereocenters. The number of allylic oxidation sites excluding steroid dienone is 7. The Morgan fingerprint density at radius 2 is 0.633 bits per heavy atom. The number of carbonyl (C=O) groups excluding carboxylic acids is 2. The van der Waals surface area contributed by atoms with E-state index in [2.05, 4.69) is 55.6 Å². The van der Waals surface area contributed by atoms with Gasteiger partial charge in [-0.15, -0.1) is 0 Å². The summed E-state index contributed by atoms with van der Waals surface area (Å²) in [5.41, 5.74) is 0. The summed E-state index contributed by atoms with van der Waals surface area (Å²) < 4.78 is 5.49. The van der Waals surface area contributed by atoms with E-state index in [0.717, 1.165) is 57.8 Å². The van der Waals surface area contributed by atoms with Crippen molar-refractivity contribution in [2.75, 3.05) is 13.2 Å². The van der Waals surface area contributed by atoms with Crippen molar-refractivity contribution in [2.45, 2.75) is 392 Å². The third-order valence-electron chi connectivity index (χ3n) is 16.3. The first-order valence-electron chi connectivity index (χ1n) is 35.4. The molecule has 0 aromatic heterocycles. The van der Waals surface area contributed by atoms with Crippen molar-refractivity contribution in [1.29, 1.82) is 0 Å². The Morgan fingerprint density at radius 3 is 0.987 bits per heavy atom. The molecular formula is C73H137NO5. The molecule has 6 heteroatoms. The van der Waals surface area contributed by atoms with Crippen molar-refractivity contribution in [1.82, 2.24) is 5.32 Å². The van der Waals surface area contributed by atoms with E-state index >= 15 is 0 Å². The predicted octanol–water partition coefficient (Wildman–Crippen LogP) is 22.9. The highest BCUT2D eigenvalue weighted by Gasteiger charge is 2.18. The molecule has 0 aliphatic rings. The average Bonchev–Trinajstić information content (AvgIpc) is 3.45. The quantitative estimate of drug-likeness (QED) is 0.0320. The lowest BCUT2D eigenvalue weighted by atomic mass is 10.0. The first-order valence-corrected chi connectivity index (χ1v) is 35.4. The highest BCUT2D eigenvalue weighted by molar-refractivity contribution is 5.76. The van der Waals surface area contributed by atoms with E-state index in [1.54, 1.807) is 6.08 Å². The topological polar surface area (TPSA) is 95.9 Å². The molecular weight excluding hydrogens is 971 g/mol. The number of ether oxygens (including phenoxy) is 1. The van der Waals surface area contributed by atoms with Crippen LogP contribution >= 0.6 is 0 Å². The maximum atomic E-state index is 12.5. The number of hydrogen-bond donors (Lipinski definition) is 3. The predicted molar refractivity (Wildman–Crippen MR) is 347 cm³/mol. The molecule has 0 aromatic carbocycles. The van der Waals surface area contributed by atoms with Gasteiger partial charge in [-0.3, -0.25) is 9.59 Å². The number of amides is 1. The van der Waals surface area contributed by atoms with Crippen molar-refractivity contribution in [3.63, 3.8) is 0 Å². The van der Waals surface area contributed by atoms with Crippen LogP contribution in [-0.2, 0) is 14.3 Å². The molecule has 0 saturated carbocycles. The van der Waals surface area contributed by atoms with Crippen LogP contribution in [0.5, 0.6) is 0 Å². The molecule has 6 nitrogen and oxygen atoms in total. The highest BCUT2D eigenvalue weighted by Crippen LogP contribution is 2.18. The summed E-state index contributed by atoms with van der Waals surface area (Å²) in [6.45, 7) is 4.90. The smallest absolute Gasteiger partial charge is 0.305 e. The first-order chi connectivity index (χ1) is 39.0. The van der Waals surface area contributed by atoms with E-state index in [0.29, 0.717) is 19.4 Å². The van der Waals surface area contributed by atoms with Gasteiger partial charge < -0.3 is 20.3 Å². The molecule has 79 heavy (non-hydrogen) atoms. The van der Waals surface area contributed by atoms with Gasteiger partial charge >= 0.3 is 5.97 Å². The molecule has 0 heterocycles. The number of nitrogens with one attached hydrogen (secondary N) is 1. The van der Waals surface area contributed by atoms with Gasteiger partial charge in [0.25, 0.3) is 0 Å². The standard InChI is InChI=1S/C73H137NO5/c1-3-5-7-9-11-13-15-17-19-21-23-24-25-26-27-30-33-37-41-45-49-53-57-61-65-71(76)70(69-75)74-72(77)66-62-58-54-50-46-42-38-34-31-28-29-32-36-40-44-48-52-56-60-64-68-79-73(78)67-63-59-55-51-47-43-39-35-22-20-18-16-14-12-10-8-6-4-2/h14,16,20,22,28,31,61,65,70-71,75-76H,3-13,15,17-19,21,23-27,29-30,32-60,62-64,66-69H2,1-2H3,(H,74,77)/b16-14-,22-20-,31-28-,65-61+. The summed E-state index contributed by atoms with van der Waals surface area (Å²) in [5, 5.41) is 23.3. The highest BCUT2D eigenvalue weighted by atomic mass is 16.5. The van der Waals surface area contributed by atoms with Gasteiger partial charge in [-0.1, -0.05) is 326 Å². The number of unbranched alkanes of at least 4 members (excludes halogenated alkanes) is 49. The minimum atomic E-state index is -0.853. The van der Waals surface area contributed by atoms with Crippen molar-refractivity contribution in [2.24, 2.45) is 0 Å². The zero-order valence-electron chi connectivity index (χ0n) is 53.1. The van der Waals surface area contributed by atoms with Crippen molar-refractivity contribution in [3.05, 3.63) is 48.6 Å². The Kier molecular flexibility index (Phi) is 66.4. The second-order valence-electron chi connectivity index (χ2n) is 24.2. The van der Waals surface area contributed by atoms with Crippen LogP contribution in [0.1, 0.15) is 380 Å². The second kappa shape index (κ2) is 68.3. The van der Waals surface area contributed by atoms with E-state index in [9.17, 15) is 19.8 Å². The molecule has 0 bridgehead atoms. The van der Waals surface area contributed by atoms with E-state index in [1.165, 1.54) is 295 Å². The Balaban J connectivity index is 3.46. The summed E-state index contributed by atoms with van der Waals surface area (Å²) in [4.78, 5) is 24.6. The SMILES string of the molecule is CCCCCC/C=C\C/C=C\CCCCCCCCCC(=O)OCCCCCCCCCCC/C=C\CCCCCCCCCC(=O)NC(CO)C(O)/C=C/CCCCCCCCCCCCCCCCCCCCCCCC. The van der Waals surface area contributed by atoms with Crippen LogP contribution in [0.15, 0.2) is 48.6 Å². The fraction of sp³-hybridized carbons (Fsp3) is 0.863. The van der Waals surface area contributed by atoms with Crippen LogP contribution in [0.4, 0.5) is 0 Å². The maximum absolute atomic E-state index is 12.5. The summed E-state index contributed by atoms with van der Waals surface area (Å²) >= 11 is 0. The minimum Gasteiger partial charge on any atom is -0.466 e. The van der Waals surface area contributed by atoms with Gasteiger partial charge in [-0.25, -0.2) is 0 Å². The van der Waals surface area contributed by atoms with Gasteiger partial charge in [0.2, 0.25) is 5.91 Å². The summed E-state index contributed by atoms with van der Waals surface area (Å²) in [5.74, 6) is -0.0749. The molecule has 0 aliphatic carbocycles. The van der Waals surface area contributed by atoms with Crippen molar-refractivity contribution < 1.29 is 24.5 Å². The summed E-state index contributed by atoms with van der Waals surface area (Å²) in [7, 11) is 0. The molecule has 2 unspecified atom stereocenters. The number of hydrogen-bond acceptors (Lipinski definition) is 5. The molecule has 3 N–H and O–H groups in total. The minimum absolute atomic E-state index is 0.00139. The summed E-state index contributed by atoms with van der Waals surface area (Å²) in [6, 6.07) is -0.637. The van der Waals surface area contributed by atoms with Crippen LogP contribution in [0.3, 0.4) is 0 Å². The fourth-order valence-electron chi connectivity index (χ4n) is 10.9. The molecule has 0 spiro atoms. The first kappa shape index (κ1) is 76.8. The van der Waals surface area contributed by atoms with Gasteiger partial charge in [-0.2, -0.15) is 0 Å². The lowest BCUT2D eigenvalue weighted by Crippen LogP contribution is -2.45. The van der Waals surface area contributed by atoms with Crippen LogP contribution < -0.4 is 5.32 Å². The molecule has 0 fully saturated rings. The Hall–Kier alpha value is -2.18. The summed E-state index contributed by atoms with van der Waals surface area (Å²) in [6.07, 6.45) is 88.9. The van der Waals surface area contributed by atoms with E-state index in [4.69, 9.17) is 4.74 Å². The van der Waals surface area contributed by atoms with E-state index in [1.807, 2.05) is 6.08 Å². The molecule has 464 valence electrons. The zero-order chi connectivity index (χ0) is 57.1. The van der Waals surface area contributed by atoms with Crippen LogP contribution in [0, 0.1) is 0 Å². The monoisotopic (exact) mass is 1110 g/mol. The van der Waals surface area contributed by atoms with Crippen molar-refractivity contribution >= 4 is 11.9 Å². The fourth-order valence-corrected chi connectivity index (χ4v) is 10.9. The van der Waals surface area contributed by atoms with Crippen LogP contribution in [0.25, 0.3) is 0 Å². The lowest BCUT2D eigenvalue weighted by Gasteiger charge is -2.20.